The third kappa shape index (κ3) is 4.20. The van der Waals surface area contributed by atoms with Crippen molar-refractivity contribution in [3.63, 3.8) is 0 Å². The van der Waals surface area contributed by atoms with Crippen molar-refractivity contribution in [3.05, 3.63) is 87.3 Å². The summed E-state index contributed by atoms with van der Waals surface area (Å²) < 4.78 is 6.22. The van der Waals surface area contributed by atoms with E-state index in [0.717, 1.165) is 21.7 Å². The maximum atomic E-state index is 12.7. The van der Waals surface area contributed by atoms with Gasteiger partial charge in [0.15, 0.2) is 0 Å². The number of carboxylic acids is 1. The summed E-state index contributed by atoms with van der Waals surface area (Å²) in [5, 5.41) is 14.4. The van der Waals surface area contributed by atoms with Crippen LogP contribution in [0.3, 0.4) is 0 Å². The molecule has 2 N–H and O–H groups in total. The van der Waals surface area contributed by atoms with Gasteiger partial charge in [0.25, 0.3) is 5.91 Å². The molecular formula is C27H26N2O4. The molecule has 3 aromatic carbocycles. The molecule has 1 aliphatic rings. The molecule has 0 aliphatic carbocycles. The number of fused-ring (bicyclic) bond motifs is 2. The molecule has 0 bridgehead atoms. The van der Waals surface area contributed by atoms with E-state index >= 15 is 0 Å². The lowest BCUT2D eigenvalue weighted by Gasteiger charge is -2.24. The molecule has 168 valence electrons. The normalized spacial score (nSPS) is 12.0. The van der Waals surface area contributed by atoms with Crippen LogP contribution < -0.4 is 25.4 Å². The standard InChI is InChI=1S/C27H26N2O4/c1-15(2)28-26(30)17-7-10-19(27(31)32)22(13-17)25-20-9-6-16(3)12-23(20)33-24-14-18(29(4)5)8-11-21(24)25/h6-15H,3H2,1-2,4-5H3,(H,28,30)(H,31,32). The molecule has 0 saturated carbocycles. The maximum Gasteiger partial charge on any atom is 0.336 e. The number of amides is 1. The average Bonchev–Trinajstić information content (AvgIpc) is 2.75. The Labute approximate surface area is 192 Å². The second-order valence-electron chi connectivity index (χ2n) is 8.58. The summed E-state index contributed by atoms with van der Waals surface area (Å²) in [6, 6.07) is 16.0. The number of carbonyl (C=O) groups is 2. The van der Waals surface area contributed by atoms with Gasteiger partial charge < -0.3 is 20.1 Å². The number of anilines is 1. The van der Waals surface area contributed by atoms with E-state index in [1.165, 1.54) is 6.07 Å². The molecule has 0 fully saturated rings. The predicted molar refractivity (Wildman–Crippen MR) is 130 cm³/mol. The van der Waals surface area contributed by atoms with E-state index < -0.39 is 5.97 Å². The molecule has 3 aromatic rings. The molecule has 0 radical (unpaired) electrons. The molecule has 0 unspecified atom stereocenters. The smallest absolute Gasteiger partial charge is 0.336 e. The van der Waals surface area contributed by atoms with E-state index in [1.54, 1.807) is 12.1 Å². The Balaban J connectivity index is 2.05. The number of hydrogen-bond acceptors (Lipinski definition) is 4. The molecule has 0 spiro atoms. The zero-order valence-corrected chi connectivity index (χ0v) is 19.1. The van der Waals surface area contributed by atoms with Gasteiger partial charge in [-0.05, 0) is 61.0 Å². The van der Waals surface area contributed by atoms with Crippen LogP contribution >= 0.6 is 0 Å². The van der Waals surface area contributed by atoms with Crippen molar-refractivity contribution in [3.8, 4) is 11.5 Å². The Hall–Kier alpha value is -4.06. The SMILES string of the molecule is C=c1ccc2c(c1)Oc1cc(N(C)C)ccc1C=2c1cc(C(=O)NC(C)C)ccc1C(=O)O. The summed E-state index contributed by atoms with van der Waals surface area (Å²) in [7, 11) is 3.88. The first-order valence-electron chi connectivity index (χ1n) is 10.7. The van der Waals surface area contributed by atoms with E-state index in [9.17, 15) is 14.7 Å². The van der Waals surface area contributed by atoms with Crippen molar-refractivity contribution in [2.24, 2.45) is 0 Å². The van der Waals surface area contributed by atoms with Crippen LogP contribution in [0, 0.1) is 0 Å². The van der Waals surface area contributed by atoms with Crippen LogP contribution in [0.5, 0.6) is 11.5 Å². The van der Waals surface area contributed by atoms with Gasteiger partial charge in [-0.3, -0.25) is 4.79 Å². The van der Waals surface area contributed by atoms with Gasteiger partial charge in [0, 0.05) is 53.8 Å². The Bertz CT molecular complexity index is 1390. The summed E-state index contributed by atoms with van der Waals surface area (Å²) in [6.07, 6.45) is 0. The van der Waals surface area contributed by atoms with Crippen molar-refractivity contribution < 1.29 is 19.4 Å². The van der Waals surface area contributed by atoms with E-state index in [2.05, 4.69) is 11.9 Å². The van der Waals surface area contributed by atoms with Crippen LogP contribution in [0.15, 0.2) is 54.6 Å². The molecule has 6 nitrogen and oxygen atoms in total. The molecule has 0 atom stereocenters. The molecule has 1 amide bonds. The molecule has 1 aliphatic heterocycles. The number of carboxylic acid groups (broad SMARTS) is 1. The first-order valence-corrected chi connectivity index (χ1v) is 10.7. The first kappa shape index (κ1) is 22.1. The van der Waals surface area contributed by atoms with Gasteiger partial charge in [-0.1, -0.05) is 18.7 Å². The zero-order chi connectivity index (χ0) is 23.9. The largest absolute Gasteiger partial charge is 0.478 e. The van der Waals surface area contributed by atoms with Gasteiger partial charge in [-0.25, -0.2) is 4.79 Å². The van der Waals surface area contributed by atoms with Crippen LogP contribution in [0.4, 0.5) is 5.69 Å². The van der Waals surface area contributed by atoms with Crippen LogP contribution in [-0.4, -0.2) is 37.1 Å². The quantitative estimate of drug-likeness (QED) is 0.496. The lowest BCUT2D eigenvalue weighted by molar-refractivity contribution is 0.0695. The van der Waals surface area contributed by atoms with Gasteiger partial charge in [-0.15, -0.1) is 0 Å². The Morgan fingerprint density at radius 2 is 1.73 bits per heavy atom. The van der Waals surface area contributed by atoms with Crippen molar-refractivity contribution in [2.75, 3.05) is 19.0 Å². The Morgan fingerprint density at radius 3 is 2.39 bits per heavy atom. The van der Waals surface area contributed by atoms with Gasteiger partial charge in [0.05, 0.1) is 5.56 Å². The minimum absolute atomic E-state index is 0.0442. The highest BCUT2D eigenvalue weighted by atomic mass is 16.5. The number of carbonyl (C=O) groups excluding carboxylic acids is 1. The zero-order valence-electron chi connectivity index (χ0n) is 19.1. The number of nitrogens with one attached hydrogen (secondary N) is 1. The van der Waals surface area contributed by atoms with Crippen molar-refractivity contribution in [2.45, 2.75) is 19.9 Å². The third-order valence-corrected chi connectivity index (χ3v) is 5.49. The van der Waals surface area contributed by atoms with E-state index in [1.807, 2.05) is 69.2 Å². The number of benzene rings is 3. The van der Waals surface area contributed by atoms with Gasteiger partial charge in [-0.2, -0.15) is 0 Å². The first-order chi connectivity index (χ1) is 15.7. The topological polar surface area (TPSA) is 78.9 Å². The number of aromatic carboxylic acids is 1. The fourth-order valence-electron chi connectivity index (χ4n) is 3.92. The fraction of sp³-hybridized carbons (Fsp3) is 0.185. The van der Waals surface area contributed by atoms with Crippen molar-refractivity contribution in [1.29, 1.82) is 0 Å². The predicted octanol–water partition coefficient (Wildman–Crippen LogP) is 3.35. The van der Waals surface area contributed by atoms with Crippen LogP contribution in [0.1, 0.15) is 45.7 Å². The highest BCUT2D eigenvalue weighted by Gasteiger charge is 2.25. The second-order valence-corrected chi connectivity index (χ2v) is 8.58. The Morgan fingerprint density at radius 1 is 0.970 bits per heavy atom. The Kier molecular flexibility index (Phi) is 5.68. The lowest BCUT2D eigenvalue weighted by atomic mass is 9.88. The summed E-state index contributed by atoms with van der Waals surface area (Å²) in [6.45, 7) is 7.75. The van der Waals surface area contributed by atoms with Crippen LogP contribution in [0.2, 0.25) is 0 Å². The molecule has 33 heavy (non-hydrogen) atoms. The van der Waals surface area contributed by atoms with E-state index in [4.69, 9.17) is 4.74 Å². The summed E-state index contributed by atoms with van der Waals surface area (Å²) in [5.41, 5.74) is 3.37. The number of nitrogens with zero attached hydrogens (tertiary/aromatic N) is 1. The number of hydrogen-bond donors (Lipinski definition) is 2. The lowest BCUT2D eigenvalue weighted by Crippen LogP contribution is -2.30. The van der Waals surface area contributed by atoms with Gasteiger partial charge >= 0.3 is 5.97 Å². The molecule has 4 rings (SSSR count). The highest BCUT2D eigenvalue weighted by molar-refractivity contribution is 6.02. The third-order valence-electron chi connectivity index (χ3n) is 5.49. The molecule has 1 heterocycles. The molecular weight excluding hydrogens is 416 g/mol. The van der Waals surface area contributed by atoms with E-state index in [0.29, 0.717) is 28.2 Å². The summed E-state index contributed by atoms with van der Waals surface area (Å²) >= 11 is 0. The highest BCUT2D eigenvalue weighted by Crippen LogP contribution is 2.39. The molecule has 0 aromatic heterocycles. The monoisotopic (exact) mass is 442 g/mol. The molecule has 6 heteroatoms. The summed E-state index contributed by atoms with van der Waals surface area (Å²) in [4.78, 5) is 26.9. The minimum atomic E-state index is -1.07. The van der Waals surface area contributed by atoms with Crippen molar-refractivity contribution >= 4 is 29.7 Å². The van der Waals surface area contributed by atoms with Crippen LogP contribution in [0.25, 0.3) is 12.2 Å². The number of ether oxygens (including phenoxy) is 1. The van der Waals surface area contributed by atoms with Crippen molar-refractivity contribution in [1.82, 2.24) is 5.32 Å². The van der Waals surface area contributed by atoms with Crippen LogP contribution in [-0.2, 0) is 0 Å². The van der Waals surface area contributed by atoms with Gasteiger partial charge in [0.2, 0.25) is 0 Å². The fourth-order valence-corrected chi connectivity index (χ4v) is 3.92. The minimum Gasteiger partial charge on any atom is -0.478 e. The average molecular weight is 443 g/mol. The maximum absolute atomic E-state index is 12.7. The summed E-state index contributed by atoms with van der Waals surface area (Å²) in [5.74, 6) is -0.120. The van der Waals surface area contributed by atoms with E-state index in [-0.39, 0.29) is 17.5 Å². The number of rotatable bonds is 5. The van der Waals surface area contributed by atoms with Gasteiger partial charge in [0.1, 0.15) is 11.5 Å². The second kappa shape index (κ2) is 8.47. The molecule has 0 saturated heterocycles.